The predicted octanol–water partition coefficient (Wildman–Crippen LogP) is 2.88. The van der Waals surface area contributed by atoms with E-state index in [4.69, 9.17) is 4.74 Å². The molecule has 21 heavy (non-hydrogen) atoms. The van der Waals surface area contributed by atoms with Gasteiger partial charge in [0, 0.05) is 13.2 Å². The number of rotatable bonds is 5. The van der Waals surface area contributed by atoms with Gasteiger partial charge in [0.05, 0.1) is 17.9 Å². The molecule has 1 atom stereocenters. The fraction of sp³-hybridized carbons (Fsp3) is 0.500. The normalized spacial score (nSPS) is 18.4. The molecule has 0 radical (unpaired) electrons. The van der Waals surface area contributed by atoms with Crippen LogP contribution in [0.5, 0.6) is 0 Å². The van der Waals surface area contributed by atoms with Crippen LogP contribution >= 0.6 is 0 Å². The Bertz CT molecular complexity index is 678. The van der Waals surface area contributed by atoms with Crippen molar-refractivity contribution in [2.24, 2.45) is 0 Å². The SMILES string of the molecule is O=c1c2c(F)cccc2ncn1CCCC[C@H]1CCCO1. The van der Waals surface area contributed by atoms with E-state index in [0.29, 0.717) is 18.2 Å². The second-order valence-electron chi connectivity index (χ2n) is 5.51. The molecular formula is C16H19FN2O2. The minimum Gasteiger partial charge on any atom is -0.378 e. The van der Waals surface area contributed by atoms with Crippen LogP contribution in [0.25, 0.3) is 10.9 Å². The molecule has 112 valence electrons. The van der Waals surface area contributed by atoms with Gasteiger partial charge in [-0.25, -0.2) is 9.37 Å². The smallest absolute Gasteiger partial charge is 0.264 e. The third kappa shape index (κ3) is 3.13. The summed E-state index contributed by atoms with van der Waals surface area (Å²) in [5.74, 6) is -0.501. The highest BCUT2D eigenvalue weighted by Crippen LogP contribution is 2.18. The van der Waals surface area contributed by atoms with Gasteiger partial charge >= 0.3 is 0 Å². The standard InChI is InChI=1S/C16H19FN2O2/c17-13-7-3-8-14-15(13)16(20)19(11-18-14)9-2-1-5-12-6-4-10-21-12/h3,7-8,11-12H,1-2,4-6,9-10H2/t12-/m0/s1. The van der Waals surface area contributed by atoms with Crippen LogP contribution in [0, 0.1) is 5.82 Å². The van der Waals surface area contributed by atoms with Crippen LogP contribution in [0.3, 0.4) is 0 Å². The maximum Gasteiger partial charge on any atom is 0.264 e. The summed E-state index contributed by atoms with van der Waals surface area (Å²) in [4.78, 5) is 16.4. The van der Waals surface area contributed by atoms with Crippen molar-refractivity contribution < 1.29 is 9.13 Å². The minimum absolute atomic E-state index is 0.0825. The van der Waals surface area contributed by atoms with Crippen LogP contribution in [0.1, 0.15) is 32.1 Å². The number of ether oxygens (including phenoxy) is 1. The predicted molar refractivity (Wildman–Crippen MR) is 78.8 cm³/mol. The fourth-order valence-electron chi connectivity index (χ4n) is 2.85. The molecule has 1 aliphatic rings. The van der Waals surface area contributed by atoms with Gasteiger partial charge in [-0.3, -0.25) is 9.36 Å². The second-order valence-corrected chi connectivity index (χ2v) is 5.51. The first-order valence-electron chi connectivity index (χ1n) is 7.51. The number of benzene rings is 1. The summed E-state index contributed by atoms with van der Waals surface area (Å²) < 4.78 is 20.8. The number of aromatic nitrogens is 2. The van der Waals surface area contributed by atoms with Crippen molar-refractivity contribution in [3.8, 4) is 0 Å². The highest BCUT2D eigenvalue weighted by Gasteiger charge is 2.14. The first-order chi connectivity index (χ1) is 10.3. The highest BCUT2D eigenvalue weighted by atomic mass is 19.1. The van der Waals surface area contributed by atoms with Crippen molar-refractivity contribution in [1.82, 2.24) is 9.55 Å². The van der Waals surface area contributed by atoms with Crippen molar-refractivity contribution in [3.63, 3.8) is 0 Å². The van der Waals surface area contributed by atoms with Crippen LogP contribution in [-0.2, 0) is 11.3 Å². The van der Waals surface area contributed by atoms with Gasteiger partial charge in [0.1, 0.15) is 11.2 Å². The number of unbranched alkanes of at least 4 members (excludes halogenated alkanes) is 1. The van der Waals surface area contributed by atoms with Gasteiger partial charge in [-0.1, -0.05) is 6.07 Å². The first-order valence-corrected chi connectivity index (χ1v) is 7.51. The maximum atomic E-state index is 13.7. The van der Waals surface area contributed by atoms with Crippen LogP contribution in [0.15, 0.2) is 29.3 Å². The number of nitrogens with zero attached hydrogens (tertiary/aromatic N) is 2. The monoisotopic (exact) mass is 290 g/mol. The molecule has 4 nitrogen and oxygen atoms in total. The molecule has 1 fully saturated rings. The number of hydrogen-bond acceptors (Lipinski definition) is 3. The lowest BCUT2D eigenvalue weighted by atomic mass is 10.1. The van der Waals surface area contributed by atoms with Gasteiger partial charge in [-0.15, -0.1) is 0 Å². The van der Waals surface area contributed by atoms with Crippen molar-refractivity contribution in [2.45, 2.75) is 44.8 Å². The maximum absolute atomic E-state index is 13.7. The molecule has 0 spiro atoms. The minimum atomic E-state index is -0.501. The quantitative estimate of drug-likeness (QED) is 0.795. The molecule has 0 unspecified atom stereocenters. The van der Waals surface area contributed by atoms with Crippen LogP contribution in [-0.4, -0.2) is 22.3 Å². The average Bonchev–Trinajstić information content (AvgIpc) is 2.99. The van der Waals surface area contributed by atoms with Crippen molar-refractivity contribution >= 4 is 10.9 Å². The Labute approximate surface area is 122 Å². The number of aryl methyl sites for hydroxylation is 1. The van der Waals surface area contributed by atoms with E-state index in [2.05, 4.69) is 4.98 Å². The zero-order valence-corrected chi connectivity index (χ0v) is 11.9. The van der Waals surface area contributed by atoms with E-state index in [9.17, 15) is 9.18 Å². The Kier molecular flexibility index (Phi) is 4.29. The van der Waals surface area contributed by atoms with Crippen molar-refractivity contribution in [2.75, 3.05) is 6.61 Å². The molecule has 1 aromatic carbocycles. The van der Waals surface area contributed by atoms with Crippen LogP contribution in [0.4, 0.5) is 4.39 Å². The van der Waals surface area contributed by atoms with Gasteiger partial charge in [0.2, 0.25) is 0 Å². The van der Waals surface area contributed by atoms with Crippen LogP contribution < -0.4 is 5.56 Å². The summed E-state index contributed by atoms with van der Waals surface area (Å²) in [5.41, 5.74) is 0.117. The molecule has 0 bridgehead atoms. The van der Waals surface area contributed by atoms with E-state index < -0.39 is 5.82 Å². The van der Waals surface area contributed by atoms with Crippen molar-refractivity contribution in [1.29, 1.82) is 0 Å². The van der Waals surface area contributed by atoms with E-state index in [1.165, 1.54) is 17.0 Å². The molecule has 0 saturated carbocycles. The Hall–Kier alpha value is -1.75. The largest absolute Gasteiger partial charge is 0.378 e. The van der Waals surface area contributed by atoms with Gasteiger partial charge in [0.25, 0.3) is 5.56 Å². The van der Waals surface area contributed by atoms with E-state index in [0.717, 1.165) is 38.7 Å². The van der Waals surface area contributed by atoms with Crippen molar-refractivity contribution in [3.05, 3.63) is 40.7 Å². The van der Waals surface area contributed by atoms with Gasteiger partial charge in [0.15, 0.2) is 0 Å². The van der Waals surface area contributed by atoms with Gasteiger partial charge in [-0.05, 0) is 44.2 Å². The molecule has 1 saturated heterocycles. The van der Waals surface area contributed by atoms with Gasteiger partial charge < -0.3 is 4.74 Å². The summed E-state index contributed by atoms with van der Waals surface area (Å²) in [5, 5.41) is 0.0825. The lowest BCUT2D eigenvalue weighted by molar-refractivity contribution is 0.102. The molecular weight excluding hydrogens is 271 g/mol. The van der Waals surface area contributed by atoms with E-state index in [-0.39, 0.29) is 10.9 Å². The van der Waals surface area contributed by atoms with Crippen LogP contribution in [0.2, 0.25) is 0 Å². The molecule has 2 aromatic rings. The second kappa shape index (κ2) is 6.35. The first kappa shape index (κ1) is 14.2. The summed E-state index contributed by atoms with van der Waals surface area (Å²) in [7, 11) is 0. The van der Waals surface area contributed by atoms with Gasteiger partial charge in [-0.2, -0.15) is 0 Å². The molecule has 0 amide bonds. The molecule has 1 aliphatic heterocycles. The summed E-state index contributed by atoms with van der Waals surface area (Å²) in [6.07, 6.45) is 7.10. The average molecular weight is 290 g/mol. The third-order valence-corrected chi connectivity index (χ3v) is 4.00. The Morgan fingerprint density at radius 2 is 2.29 bits per heavy atom. The summed E-state index contributed by atoms with van der Waals surface area (Å²) in [6, 6.07) is 4.52. The number of hydrogen-bond donors (Lipinski definition) is 0. The molecule has 0 N–H and O–H groups in total. The zero-order valence-electron chi connectivity index (χ0n) is 11.9. The molecule has 0 aliphatic carbocycles. The summed E-state index contributed by atoms with van der Waals surface area (Å²) in [6.45, 7) is 1.45. The van der Waals surface area contributed by atoms with E-state index in [1.54, 1.807) is 12.1 Å². The third-order valence-electron chi connectivity index (χ3n) is 4.00. The number of fused-ring (bicyclic) bond motifs is 1. The van der Waals surface area contributed by atoms with E-state index in [1.807, 2.05) is 0 Å². The zero-order chi connectivity index (χ0) is 14.7. The highest BCUT2D eigenvalue weighted by molar-refractivity contribution is 5.77. The molecule has 1 aromatic heterocycles. The molecule has 5 heteroatoms. The Balaban J connectivity index is 1.65. The molecule has 2 heterocycles. The summed E-state index contributed by atoms with van der Waals surface area (Å²) >= 11 is 0. The Morgan fingerprint density at radius 3 is 3.10 bits per heavy atom. The lowest BCUT2D eigenvalue weighted by Gasteiger charge is -2.10. The molecule has 3 rings (SSSR count). The fourth-order valence-corrected chi connectivity index (χ4v) is 2.85. The van der Waals surface area contributed by atoms with E-state index >= 15 is 0 Å². The lowest BCUT2D eigenvalue weighted by Crippen LogP contribution is -2.21. The number of halogens is 1. The Morgan fingerprint density at radius 1 is 1.38 bits per heavy atom. The topological polar surface area (TPSA) is 44.1 Å².